The molecule has 0 aliphatic heterocycles. The Morgan fingerprint density at radius 2 is 2.00 bits per heavy atom. The first kappa shape index (κ1) is 11.4. The topological polar surface area (TPSA) is 21.3 Å². The van der Waals surface area contributed by atoms with Crippen LogP contribution >= 0.6 is 0 Å². The Morgan fingerprint density at radius 3 is 2.60 bits per heavy atom. The quantitative estimate of drug-likeness (QED) is 0.754. The van der Waals surface area contributed by atoms with E-state index in [-0.39, 0.29) is 0 Å². The van der Waals surface area contributed by atoms with Crippen LogP contribution in [0.4, 0.5) is 0 Å². The highest BCUT2D eigenvalue weighted by Gasteiger charge is 2.30. The van der Waals surface area contributed by atoms with Crippen molar-refractivity contribution in [2.45, 2.75) is 58.1 Å². The van der Waals surface area contributed by atoms with Gasteiger partial charge in [-0.3, -0.25) is 0 Å². The number of rotatable bonds is 5. The highest BCUT2D eigenvalue weighted by atomic mass is 16.5. The zero-order valence-corrected chi connectivity index (χ0v) is 10.2. The second kappa shape index (κ2) is 5.31. The summed E-state index contributed by atoms with van der Waals surface area (Å²) < 4.78 is 5.56. The molecule has 0 amide bonds. The Labute approximate surface area is 93.8 Å². The number of hydrogen-bond donors (Lipinski definition) is 1. The molecular formula is C13H25NO. The van der Waals surface area contributed by atoms with E-state index in [1.165, 1.54) is 38.6 Å². The molecule has 0 heterocycles. The van der Waals surface area contributed by atoms with Crippen LogP contribution in [-0.4, -0.2) is 25.3 Å². The Kier molecular flexibility index (Phi) is 4.04. The highest BCUT2D eigenvalue weighted by molar-refractivity contribution is 4.87. The SMILES string of the molecule is CCOC1CC(NCC2CCC(C)C2)C1. The van der Waals surface area contributed by atoms with Crippen molar-refractivity contribution in [3.63, 3.8) is 0 Å². The summed E-state index contributed by atoms with van der Waals surface area (Å²) in [6, 6.07) is 0.748. The molecule has 15 heavy (non-hydrogen) atoms. The van der Waals surface area contributed by atoms with Gasteiger partial charge in [0.15, 0.2) is 0 Å². The molecular weight excluding hydrogens is 186 g/mol. The van der Waals surface area contributed by atoms with Crippen molar-refractivity contribution in [2.75, 3.05) is 13.2 Å². The Bertz CT molecular complexity index is 189. The van der Waals surface area contributed by atoms with E-state index < -0.39 is 0 Å². The summed E-state index contributed by atoms with van der Waals surface area (Å²) >= 11 is 0. The maximum Gasteiger partial charge on any atom is 0.0604 e. The summed E-state index contributed by atoms with van der Waals surface area (Å²) in [7, 11) is 0. The predicted molar refractivity (Wildman–Crippen MR) is 62.9 cm³/mol. The summed E-state index contributed by atoms with van der Waals surface area (Å²) in [5.74, 6) is 1.92. The van der Waals surface area contributed by atoms with Crippen molar-refractivity contribution >= 4 is 0 Å². The molecule has 2 aliphatic carbocycles. The van der Waals surface area contributed by atoms with Gasteiger partial charge in [0.25, 0.3) is 0 Å². The fourth-order valence-corrected chi connectivity index (χ4v) is 2.95. The molecule has 2 heteroatoms. The molecule has 2 nitrogen and oxygen atoms in total. The molecule has 2 fully saturated rings. The van der Waals surface area contributed by atoms with E-state index in [2.05, 4.69) is 19.2 Å². The minimum Gasteiger partial charge on any atom is -0.378 e. The summed E-state index contributed by atoms with van der Waals surface area (Å²) in [5.41, 5.74) is 0. The Balaban J connectivity index is 1.53. The van der Waals surface area contributed by atoms with Crippen molar-refractivity contribution in [2.24, 2.45) is 11.8 Å². The smallest absolute Gasteiger partial charge is 0.0604 e. The molecule has 2 unspecified atom stereocenters. The van der Waals surface area contributed by atoms with E-state index in [4.69, 9.17) is 4.74 Å². The molecule has 0 spiro atoms. The van der Waals surface area contributed by atoms with Crippen molar-refractivity contribution in [3.05, 3.63) is 0 Å². The molecule has 0 aromatic rings. The zero-order chi connectivity index (χ0) is 10.7. The van der Waals surface area contributed by atoms with Crippen molar-refractivity contribution in [1.29, 1.82) is 0 Å². The van der Waals surface area contributed by atoms with E-state index in [0.717, 1.165) is 24.5 Å². The molecule has 1 N–H and O–H groups in total. The van der Waals surface area contributed by atoms with Crippen LogP contribution in [0, 0.1) is 11.8 Å². The van der Waals surface area contributed by atoms with Crippen molar-refractivity contribution in [1.82, 2.24) is 5.32 Å². The average Bonchev–Trinajstić information content (AvgIpc) is 2.55. The van der Waals surface area contributed by atoms with Gasteiger partial charge in [-0.25, -0.2) is 0 Å². The van der Waals surface area contributed by atoms with Crippen LogP contribution in [0.1, 0.15) is 46.0 Å². The first-order chi connectivity index (χ1) is 7.28. The minimum atomic E-state index is 0.551. The van der Waals surface area contributed by atoms with Crippen molar-refractivity contribution in [3.8, 4) is 0 Å². The first-order valence-corrected chi connectivity index (χ1v) is 6.63. The van der Waals surface area contributed by atoms with Crippen LogP contribution in [0.25, 0.3) is 0 Å². The van der Waals surface area contributed by atoms with Gasteiger partial charge in [0.05, 0.1) is 6.10 Å². The van der Waals surface area contributed by atoms with E-state index in [1.807, 2.05) is 0 Å². The second-order valence-electron chi connectivity index (χ2n) is 5.44. The molecule has 2 aliphatic rings. The fourth-order valence-electron chi connectivity index (χ4n) is 2.95. The molecule has 2 saturated carbocycles. The molecule has 0 aromatic carbocycles. The van der Waals surface area contributed by atoms with E-state index >= 15 is 0 Å². The maximum atomic E-state index is 5.56. The second-order valence-corrected chi connectivity index (χ2v) is 5.44. The Hall–Kier alpha value is -0.0800. The van der Waals surface area contributed by atoms with Crippen LogP contribution in [0.15, 0.2) is 0 Å². The van der Waals surface area contributed by atoms with Crippen LogP contribution in [0.3, 0.4) is 0 Å². The van der Waals surface area contributed by atoms with Crippen LogP contribution in [-0.2, 0) is 4.74 Å². The molecule has 88 valence electrons. The summed E-state index contributed by atoms with van der Waals surface area (Å²) in [5, 5.41) is 3.69. The first-order valence-electron chi connectivity index (χ1n) is 6.63. The van der Waals surface area contributed by atoms with E-state index in [9.17, 15) is 0 Å². The number of hydrogen-bond acceptors (Lipinski definition) is 2. The third-order valence-corrected chi connectivity index (χ3v) is 4.00. The van der Waals surface area contributed by atoms with Crippen LogP contribution in [0.2, 0.25) is 0 Å². The normalized spacial score (nSPS) is 40.4. The van der Waals surface area contributed by atoms with Gasteiger partial charge in [0.1, 0.15) is 0 Å². The minimum absolute atomic E-state index is 0.551. The van der Waals surface area contributed by atoms with Gasteiger partial charge in [0, 0.05) is 12.6 Å². The molecule has 2 atom stereocenters. The molecule has 0 bridgehead atoms. The van der Waals surface area contributed by atoms with E-state index in [0.29, 0.717) is 6.10 Å². The van der Waals surface area contributed by atoms with Crippen LogP contribution < -0.4 is 5.32 Å². The van der Waals surface area contributed by atoms with Gasteiger partial charge in [-0.15, -0.1) is 0 Å². The lowest BCUT2D eigenvalue weighted by atomic mass is 9.88. The summed E-state index contributed by atoms with van der Waals surface area (Å²) in [6.07, 6.45) is 7.34. The highest BCUT2D eigenvalue weighted by Crippen LogP contribution is 2.30. The summed E-state index contributed by atoms with van der Waals surface area (Å²) in [6.45, 7) is 6.58. The van der Waals surface area contributed by atoms with Gasteiger partial charge in [-0.05, 0) is 51.0 Å². The molecule has 2 rings (SSSR count). The third kappa shape index (κ3) is 3.18. The van der Waals surface area contributed by atoms with Gasteiger partial charge in [-0.2, -0.15) is 0 Å². The van der Waals surface area contributed by atoms with Gasteiger partial charge in [-0.1, -0.05) is 13.3 Å². The number of ether oxygens (including phenoxy) is 1. The molecule has 0 saturated heterocycles. The van der Waals surface area contributed by atoms with E-state index in [1.54, 1.807) is 0 Å². The Morgan fingerprint density at radius 1 is 1.20 bits per heavy atom. The fraction of sp³-hybridized carbons (Fsp3) is 1.00. The predicted octanol–water partition coefficient (Wildman–Crippen LogP) is 2.58. The lowest BCUT2D eigenvalue weighted by Crippen LogP contribution is -2.46. The molecule has 0 aromatic heterocycles. The van der Waals surface area contributed by atoms with Crippen molar-refractivity contribution < 1.29 is 4.74 Å². The maximum absolute atomic E-state index is 5.56. The lowest BCUT2D eigenvalue weighted by molar-refractivity contribution is -0.0105. The van der Waals surface area contributed by atoms with Gasteiger partial charge < -0.3 is 10.1 Å². The van der Waals surface area contributed by atoms with Gasteiger partial charge in [0.2, 0.25) is 0 Å². The van der Waals surface area contributed by atoms with Gasteiger partial charge >= 0.3 is 0 Å². The van der Waals surface area contributed by atoms with Crippen LogP contribution in [0.5, 0.6) is 0 Å². The molecule has 0 radical (unpaired) electrons. The monoisotopic (exact) mass is 211 g/mol. The summed E-state index contributed by atoms with van der Waals surface area (Å²) in [4.78, 5) is 0. The standard InChI is InChI=1S/C13H25NO/c1-3-15-13-7-12(8-13)14-9-11-5-4-10(2)6-11/h10-14H,3-9H2,1-2H3. The zero-order valence-electron chi connectivity index (χ0n) is 10.2. The third-order valence-electron chi connectivity index (χ3n) is 4.00. The largest absolute Gasteiger partial charge is 0.378 e. The lowest BCUT2D eigenvalue weighted by Gasteiger charge is -2.36. The average molecular weight is 211 g/mol. The number of nitrogens with one attached hydrogen (secondary N) is 1.